The summed E-state index contributed by atoms with van der Waals surface area (Å²) >= 11 is 0. The van der Waals surface area contributed by atoms with Crippen molar-refractivity contribution in [2.24, 2.45) is 0 Å². The number of hydrogen-bond acceptors (Lipinski definition) is 4. The number of carbonyl (C=O) groups is 1. The minimum Gasteiger partial charge on any atom is -0.508 e. The van der Waals surface area contributed by atoms with Gasteiger partial charge in [-0.3, -0.25) is 4.79 Å². The zero-order valence-corrected chi connectivity index (χ0v) is 7.89. The molecule has 5 heteroatoms. The Bertz CT molecular complexity index is 304. The summed E-state index contributed by atoms with van der Waals surface area (Å²) in [6, 6.07) is 4.10. The van der Waals surface area contributed by atoms with Crippen LogP contribution in [0, 0.1) is 0 Å². The first-order chi connectivity index (χ1) is 6.47. The van der Waals surface area contributed by atoms with Gasteiger partial charge in [0.05, 0.1) is 7.11 Å². The Balaban J connectivity index is 0.000000364. The molecule has 0 unspecified atom stereocenters. The average molecular weight is 200 g/mol. The Labute approximate surface area is 81.2 Å². The highest BCUT2D eigenvalue weighted by Gasteiger charge is 1.99. The lowest BCUT2D eigenvalue weighted by Crippen LogP contribution is -1.81. The molecule has 0 spiro atoms. The highest BCUT2D eigenvalue weighted by Crippen LogP contribution is 2.28. The molecule has 0 bridgehead atoms. The van der Waals surface area contributed by atoms with Gasteiger partial charge < -0.3 is 20.1 Å². The summed E-state index contributed by atoms with van der Waals surface area (Å²) in [5, 5.41) is 25.3. The number of carboxylic acid groups (broad SMARTS) is 1. The lowest BCUT2D eigenvalue weighted by Gasteiger charge is -2.01. The summed E-state index contributed by atoms with van der Waals surface area (Å²) < 4.78 is 4.72. The molecule has 0 saturated heterocycles. The van der Waals surface area contributed by atoms with Crippen LogP contribution in [0.15, 0.2) is 18.2 Å². The topological polar surface area (TPSA) is 87.0 Å². The summed E-state index contributed by atoms with van der Waals surface area (Å²) in [4.78, 5) is 9.00. The summed E-state index contributed by atoms with van der Waals surface area (Å²) in [7, 11) is 1.43. The quantitative estimate of drug-likeness (QED) is 0.593. The molecule has 3 N–H and O–H groups in total. The van der Waals surface area contributed by atoms with E-state index in [-0.39, 0.29) is 17.2 Å². The van der Waals surface area contributed by atoms with Crippen LogP contribution in [0.4, 0.5) is 0 Å². The van der Waals surface area contributed by atoms with Crippen LogP contribution in [0.3, 0.4) is 0 Å². The smallest absolute Gasteiger partial charge is 0.300 e. The monoisotopic (exact) mass is 200 g/mol. The number of benzene rings is 1. The molecule has 1 aromatic rings. The largest absolute Gasteiger partial charge is 0.508 e. The van der Waals surface area contributed by atoms with E-state index in [0.717, 1.165) is 6.92 Å². The van der Waals surface area contributed by atoms with Crippen molar-refractivity contribution in [2.75, 3.05) is 7.11 Å². The minimum absolute atomic E-state index is 0.0281. The fourth-order valence-electron chi connectivity index (χ4n) is 0.666. The first-order valence-electron chi connectivity index (χ1n) is 3.73. The number of phenols is 2. The maximum atomic E-state index is 9.00. The van der Waals surface area contributed by atoms with E-state index >= 15 is 0 Å². The molecule has 0 heterocycles. The average Bonchev–Trinajstić information content (AvgIpc) is 2.08. The highest BCUT2D eigenvalue weighted by atomic mass is 16.5. The fraction of sp³-hybridized carbons (Fsp3) is 0.222. The zero-order chi connectivity index (χ0) is 11.1. The van der Waals surface area contributed by atoms with Gasteiger partial charge >= 0.3 is 0 Å². The van der Waals surface area contributed by atoms with Gasteiger partial charge in [-0.1, -0.05) is 0 Å². The number of methoxy groups -OCH3 is 1. The van der Waals surface area contributed by atoms with Gasteiger partial charge in [0.1, 0.15) is 5.75 Å². The molecule has 0 fully saturated rings. The van der Waals surface area contributed by atoms with Gasteiger partial charge in [0.15, 0.2) is 11.5 Å². The first kappa shape index (κ1) is 12.1. The van der Waals surface area contributed by atoms with E-state index in [4.69, 9.17) is 24.9 Å². The van der Waals surface area contributed by atoms with Crippen molar-refractivity contribution in [1.29, 1.82) is 0 Å². The third-order valence-corrected chi connectivity index (χ3v) is 1.16. The van der Waals surface area contributed by atoms with Gasteiger partial charge in [0, 0.05) is 13.0 Å². The molecular formula is C9H12O5. The number of hydrogen-bond donors (Lipinski definition) is 3. The molecule has 0 atom stereocenters. The molecule has 1 rings (SSSR count). The standard InChI is InChI=1S/C7H8O3.C2H4O2/c1-10-7-4-5(8)2-3-6(7)9;1-2(3)4/h2-4,8-9H,1H3;1H3,(H,3,4). The maximum Gasteiger partial charge on any atom is 0.300 e. The lowest BCUT2D eigenvalue weighted by molar-refractivity contribution is -0.134. The molecule has 0 radical (unpaired) electrons. The Morgan fingerprint density at radius 2 is 1.86 bits per heavy atom. The van der Waals surface area contributed by atoms with Crippen molar-refractivity contribution in [2.45, 2.75) is 6.92 Å². The molecule has 0 aromatic heterocycles. The van der Waals surface area contributed by atoms with Crippen molar-refractivity contribution in [3.8, 4) is 17.2 Å². The SMILES string of the molecule is CC(=O)O.COc1cc(O)ccc1O. The van der Waals surface area contributed by atoms with Crippen molar-refractivity contribution in [3.05, 3.63) is 18.2 Å². The molecular weight excluding hydrogens is 188 g/mol. The van der Waals surface area contributed by atoms with E-state index in [2.05, 4.69) is 0 Å². The van der Waals surface area contributed by atoms with Crippen LogP contribution in [0.5, 0.6) is 17.2 Å². The second-order valence-electron chi connectivity index (χ2n) is 2.38. The third kappa shape index (κ3) is 4.87. The van der Waals surface area contributed by atoms with Crippen LogP contribution < -0.4 is 4.74 Å². The number of carboxylic acids is 1. The van der Waals surface area contributed by atoms with Gasteiger partial charge in [0.2, 0.25) is 0 Å². The number of ether oxygens (including phenoxy) is 1. The maximum absolute atomic E-state index is 9.00. The lowest BCUT2D eigenvalue weighted by atomic mass is 10.3. The third-order valence-electron chi connectivity index (χ3n) is 1.16. The fourth-order valence-corrected chi connectivity index (χ4v) is 0.666. The van der Waals surface area contributed by atoms with Crippen LogP contribution in [-0.2, 0) is 4.79 Å². The van der Waals surface area contributed by atoms with E-state index in [1.54, 1.807) is 0 Å². The molecule has 78 valence electrons. The predicted molar refractivity (Wildman–Crippen MR) is 49.6 cm³/mol. The van der Waals surface area contributed by atoms with Gasteiger partial charge in [-0.2, -0.15) is 0 Å². The van der Waals surface area contributed by atoms with E-state index in [1.807, 2.05) is 0 Å². The second kappa shape index (κ2) is 5.69. The summed E-state index contributed by atoms with van der Waals surface area (Å²) in [6.45, 7) is 1.08. The second-order valence-corrected chi connectivity index (χ2v) is 2.38. The van der Waals surface area contributed by atoms with Crippen LogP contribution in [-0.4, -0.2) is 28.4 Å². The molecule has 0 aliphatic rings. The summed E-state index contributed by atoms with van der Waals surface area (Å²) in [5.74, 6) is -0.449. The Kier molecular flexibility index (Phi) is 4.91. The Morgan fingerprint density at radius 3 is 2.21 bits per heavy atom. The van der Waals surface area contributed by atoms with E-state index in [0.29, 0.717) is 0 Å². The number of aliphatic carboxylic acids is 1. The molecule has 1 aromatic carbocycles. The van der Waals surface area contributed by atoms with Gasteiger partial charge in [-0.05, 0) is 12.1 Å². The highest BCUT2D eigenvalue weighted by molar-refractivity contribution is 5.62. The summed E-state index contributed by atoms with van der Waals surface area (Å²) in [5.41, 5.74) is 0. The van der Waals surface area contributed by atoms with Crippen molar-refractivity contribution in [1.82, 2.24) is 0 Å². The van der Waals surface area contributed by atoms with E-state index in [1.165, 1.54) is 25.3 Å². The molecule has 5 nitrogen and oxygen atoms in total. The van der Waals surface area contributed by atoms with Crippen molar-refractivity contribution in [3.63, 3.8) is 0 Å². The normalized spacial score (nSPS) is 8.43. The van der Waals surface area contributed by atoms with Crippen LogP contribution in [0.1, 0.15) is 6.92 Å². The summed E-state index contributed by atoms with van der Waals surface area (Å²) in [6.07, 6.45) is 0. The van der Waals surface area contributed by atoms with Crippen molar-refractivity contribution >= 4 is 5.97 Å². The number of aromatic hydroxyl groups is 2. The molecule has 0 aliphatic carbocycles. The van der Waals surface area contributed by atoms with Crippen molar-refractivity contribution < 1.29 is 24.9 Å². The van der Waals surface area contributed by atoms with Gasteiger partial charge in [0.25, 0.3) is 5.97 Å². The Morgan fingerprint density at radius 1 is 1.36 bits per heavy atom. The molecule has 14 heavy (non-hydrogen) atoms. The number of rotatable bonds is 1. The van der Waals surface area contributed by atoms with E-state index in [9.17, 15) is 0 Å². The number of phenolic OH excluding ortho intramolecular Hbond substituents is 2. The molecule has 0 aliphatic heterocycles. The molecule has 0 saturated carbocycles. The minimum atomic E-state index is -0.833. The van der Waals surface area contributed by atoms with Crippen LogP contribution in [0.2, 0.25) is 0 Å². The zero-order valence-electron chi connectivity index (χ0n) is 7.89. The van der Waals surface area contributed by atoms with Crippen LogP contribution in [0.25, 0.3) is 0 Å². The first-order valence-corrected chi connectivity index (χ1v) is 3.73. The Hall–Kier alpha value is -1.91. The van der Waals surface area contributed by atoms with E-state index < -0.39 is 5.97 Å². The van der Waals surface area contributed by atoms with Crippen LogP contribution >= 0.6 is 0 Å². The van der Waals surface area contributed by atoms with Gasteiger partial charge in [-0.15, -0.1) is 0 Å². The van der Waals surface area contributed by atoms with Gasteiger partial charge in [-0.25, -0.2) is 0 Å². The predicted octanol–water partition coefficient (Wildman–Crippen LogP) is 1.20. The molecule has 0 amide bonds.